The lowest BCUT2D eigenvalue weighted by atomic mass is 10.3. The highest BCUT2D eigenvalue weighted by Crippen LogP contribution is 2.27. The summed E-state index contributed by atoms with van der Waals surface area (Å²) in [4.78, 5) is 5.98. The van der Waals surface area contributed by atoms with Crippen molar-refractivity contribution >= 4 is 41.3 Å². The van der Waals surface area contributed by atoms with Crippen molar-refractivity contribution in [2.45, 2.75) is 33.2 Å². The van der Waals surface area contributed by atoms with E-state index < -0.39 is 0 Å². The van der Waals surface area contributed by atoms with E-state index in [1.165, 1.54) is 23.3 Å². The molecule has 0 bridgehead atoms. The number of rotatable bonds is 5. The zero-order valence-corrected chi connectivity index (χ0v) is 14.2. The Morgan fingerprint density at radius 3 is 2.78 bits per heavy atom. The molecule has 0 saturated heterocycles. The number of guanidine groups is 1. The van der Waals surface area contributed by atoms with E-state index in [-0.39, 0.29) is 24.0 Å². The first-order valence-corrected chi connectivity index (χ1v) is 7.22. The molecule has 0 unspecified atom stereocenters. The van der Waals surface area contributed by atoms with Crippen LogP contribution in [0.1, 0.15) is 30.2 Å². The Labute approximate surface area is 130 Å². The third-order valence-corrected chi connectivity index (χ3v) is 3.96. The lowest BCUT2D eigenvalue weighted by Crippen LogP contribution is -2.38. The minimum Gasteiger partial charge on any atom is -0.357 e. The topological polar surface area (TPSA) is 36.4 Å². The fraction of sp³-hybridized carbons (Fsp3) is 0.615. The number of halogens is 1. The molecule has 1 aliphatic rings. The maximum absolute atomic E-state index is 4.62. The van der Waals surface area contributed by atoms with Crippen LogP contribution in [0.3, 0.4) is 0 Å². The van der Waals surface area contributed by atoms with Crippen molar-refractivity contribution < 1.29 is 0 Å². The van der Waals surface area contributed by atoms with E-state index in [1.54, 1.807) is 11.3 Å². The van der Waals surface area contributed by atoms with Crippen molar-refractivity contribution in [3.05, 3.63) is 21.9 Å². The molecule has 5 heteroatoms. The van der Waals surface area contributed by atoms with E-state index in [2.05, 4.69) is 40.9 Å². The Balaban J connectivity index is 0.00000162. The van der Waals surface area contributed by atoms with Gasteiger partial charge in [-0.15, -0.1) is 35.3 Å². The predicted molar refractivity (Wildman–Crippen MR) is 90.0 cm³/mol. The number of aliphatic imine (C=N–C) groups is 1. The van der Waals surface area contributed by atoms with Crippen molar-refractivity contribution in [2.24, 2.45) is 10.9 Å². The smallest absolute Gasteiger partial charge is 0.191 e. The summed E-state index contributed by atoms with van der Waals surface area (Å²) in [6.07, 6.45) is 2.74. The van der Waals surface area contributed by atoms with E-state index in [0.717, 1.165) is 31.5 Å². The first-order chi connectivity index (χ1) is 8.29. The van der Waals surface area contributed by atoms with Crippen LogP contribution in [-0.2, 0) is 6.54 Å². The van der Waals surface area contributed by atoms with Crippen molar-refractivity contribution in [1.82, 2.24) is 10.6 Å². The molecule has 0 amide bonds. The fourth-order valence-electron chi connectivity index (χ4n) is 1.62. The molecule has 18 heavy (non-hydrogen) atoms. The quantitative estimate of drug-likeness (QED) is 0.469. The maximum atomic E-state index is 4.62. The molecule has 1 aliphatic carbocycles. The Hall–Kier alpha value is -0.300. The second kappa shape index (κ2) is 7.99. The van der Waals surface area contributed by atoms with Gasteiger partial charge in [-0.1, -0.05) is 0 Å². The van der Waals surface area contributed by atoms with Gasteiger partial charge in [-0.2, -0.15) is 0 Å². The van der Waals surface area contributed by atoms with Crippen LogP contribution in [0.15, 0.2) is 16.4 Å². The molecule has 2 rings (SSSR count). The van der Waals surface area contributed by atoms with Crippen LogP contribution in [0.4, 0.5) is 0 Å². The highest BCUT2D eigenvalue weighted by Gasteiger charge is 2.20. The number of hydrogen-bond acceptors (Lipinski definition) is 2. The Kier molecular flexibility index (Phi) is 6.99. The van der Waals surface area contributed by atoms with E-state index in [9.17, 15) is 0 Å². The molecule has 1 aromatic heterocycles. The Morgan fingerprint density at radius 1 is 1.44 bits per heavy atom. The molecule has 102 valence electrons. The van der Waals surface area contributed by atoms with Crippen molar-refractivity contribution in [3.63, 3.8) is 0 Å². The second-order valence-corrected chi connectivity index (χ2v) is 5.55. The molecule has 3 nitrogen and oxygen atoms in total. The Morgan fingerprint density at radius 2 is 2.22 bits per heavy atom. The van der Waals surface area contributed by atoms with Crippen LogP contribution in [0.5, 0.6) is 0 Å². The van der Waals surface area contributed by atoms with Crippen molar-refractivity contribution in [1.29, 1.82) is 0 Å². The van der Waals surface area contributed by atoms with Crippen molar-refractivity contribution in [2.75, 3.05) is 13.1 Å². The van der Waals surface area contributed by atoms with Gasteiger partial charge in [0.15, 0.2) is 5.96 Å². The molecule has 0 atom stereocenters. The van der Waals surface area contributed by atoms with Crippen molar-refractivity contribution in [3.8, 4) is 0 Å². The third kappa shape index (κ3) is 5.14. The van der Waals surface area contributed by atoms with E-state index in [4.69, 9.17) is 0 Å². The van der Waals surface area contributed by atoms with Crippen LogP contribution in [0.25, 0.3) is 0 Å². The number of nitrogens with one attached hydrogen (secondary N) is 2. The molecular formula is C13H22IN3S. The molecule has 2 N–H and O–H groups in total. The molecule has 1 fully saturated rings. The SMILES string of the molecule is CCNC(=NCc1sccc1C)NCC1CC1.I. The van der Waals surface area contributed by atoms with Gasteiger partial charge >= 0.3 is 0 Å². The molecule has 1 heterocycles. The van der Waals surface area contributed by atoms with Gasteiger partial charge < -0.3 is 10.6 Å². The lowest BCUT2D eigenvalue weighted by Gasteiger charge is -2.10. The summed E-state index contributed by atoms with van der Waals surface area (Å²) in [6, 6.07) is 2.15. The molecule has 0 aliphatic heterocycles. The summed E-state index contributed by atoms with van der Waals surface area (Å²) in [7, 11) is 0. The summed E-state index contributed by atoms with van der Waals surface area (Å²) in [6.45, 7) is 7.01. The largest absolute Gasteiger partial charge is 0.357 e. The van der Waals surface area contributed by atoms with Gasteiger partial charge in [0, 0.05) is 18.0 Å². The molecule has 0 aromatic carbocycles. The summed E-state index contributed by atoms with van der Waals surface area (Å²) in [5, 5.41) is 8.83. The van der Waals surface area contributed by atoms with Gasteiger partial charge in [0.05, 0.1) is 6.54 Å². The first kappa shape index (κ1) is 15.8. The Bertz CT molecular complexity index is 385. The van der Waals surface area contributed by atoms with Crippen LogP contribution < -0.4 is 10.6 Å². The summed E-state index contributed by atoms with van der Waals surface area (Å²) < 4.78 is 0. The zero-order chi connectivity index (χ0) is 12.1. The molecular weight excluding hydrogens is 357 g/mol. The predicted octanol–water partition coefficient (Wildman–Crippen LogP) is 3.14. The summed E-state index contributed by atoms with van der Waals surface area (Å²) >= 11 is 1.78. The standard InChI is InChI=1S/C13H21N3S.HI/c1-3-14-13(15-8-11-4-5-11)16-9-12-10(2)6-7-17-12;/h6-7,11H,3-5,8-9H2,1-2H3,(H2,14,15,16);1H. The maximum Gasteiger partial charge on any atom is 0.191 e. The first-order valence-electron chi connectivity index (χ1n) is 6.34. The van der Waals surface area contributed by atoms with E-state index in [1.807, 2.05) is 0 Å². The number of aryl methyl sites for hydroxylation is 1. The summed E-state index contributed by atoms with van der Waals surface area (Å²) in [5.41, 5.74) is 1.34. The van der Waals surface area contributed by atoms with Gasteiger partial charge in [-0.3, -0.25) is 0 Å². The number of nitrogens with zero attached hydrogens (tertiary/aromatic N) is 1. The van der Waals surface area contributed by atoms with Gasteiger partial charge in [-0.25, -0.2) is 4.99 Å². The molecule has 0 spiro atoms. The highest BCUT2D eigenvalue weighted by molar-refractivity contribution is 14.0. The monoisotopic (exact) mass is 379 g/mol. The lowest BCUT2D eigenvalue weighted by molar-refractivity contribution is 0.739. The van der Waals surface area contributed by atoms with Gasteiger partial charge in [0.25, 0.3) is 0 Å². The third-order valence-electron chi connectivity index (χ3n) is 2.95. The second-order valence-electron chi connectivity index (χ2n) is 4.55. The molecule has 1 saturated carbocycles. The van der Waals surface area contributed by atoms with Gasteiger partial charge in [-0.05, 0) is 49.6 Å². The van der Waals surface area contributed by atoms with E-state index in [0.29, 0.717) is 0 Å². The van der Waals surface area contributed by atoms with Gasteiger partial charge in [0.2, 0.25) is 0 Å². The highest BCUT2D eigenvalue weighted by atomic mass is 127. The molecule has 0 radical (unpaired) electrons. The minimum atomic E-state index is 0. The summed E-state index contributed by atoms with van der Waals surface area (Å²) in [5.74, 6) is 1.83. The van der Waals surface area contributed by atoms with Crippen LogP contribution in [0, 0.1) is 12.8 Å². The average Bonchev–Trinajstić information content (AvgIpc) is 3.06. The number of thiophene rings is 1. The normalized spacial score (nSPS) is 15.1. The van der Waals surface area contributed by atoms with Crippen LogP contribution in [-0.4, -0.2) is 19.0 Å². The van der Waals surface area contributed by atoms with Crippen LogP contribution in [0.2, 0.25) is 0 Å². The average molecular weight is 379 g/mol. The molecule has 1 aromatic rings. The fourth-order valence-corrected chi connectivity index (χ4v) is 2.45. The van der Waals surface area contributed by atoms with Gasteiger partial charge in [0.1, 0.15) is 0 Å². The minimum absolute atomic E-state index is 0. The van der Waals surface area contributed by atoms with E-state index >= 15 is 0 Å². The van der Waals surface area contributed by atoms with Crippen LogP contribution >= 0.6 is 35.3 Å². The zero-order valence-electron chi connectivity index (χ0n) is 11.0. The number of hydrogen-bond donors (Lipinski definition) is 2.